The smallest absolute Gasteiger partial charge is 0.223 e. The molecule has 1 aliphatic carbocycles. The minimum atomic E-state index is 0.152. The lowest BCUT2D eigenvalue weighted by molar-refractivity contribution is -0.124. The second-order valence-electron chi connectivity index (χ2n) is 4.38. The van der Waals surface area contributed by atoms with E-state index in [2.05, 4.69) is 10.6 Å². The van der Waals surface area contributed by atoms with Gasteiger partial charge in [-0.05, 0) is 18.1 Å². The van der Waals surface area contributed by atoms with Crippen molar-refractivity contribution < 1.29 is 4.79 Å². The minimum absolute atomic E-state index is 0.152. The van der Waals surface area contributed by atoms with E-state index < -0.39 is 0 Å². The number of nitrogens with one attached hydrogen (secondary N) is 2. The van der Waals surface area contributed by atoms with Gasteiger partial charge in [0.2, 0.25) is 5.91 Å². The van der Waals surface area contributed by atoms with Crippen molar-refractivity contribution in [3.63, 3.8) is 0 Å². The molecule has 1 aliphatic heterocycles. The van der Waals surface area contributed by atoms with E-state index in [1.807, 2.05) is 13.2 Å². The summed E-state index contributed by atoms with van der Waals surface area (Å²) in [4.78, 5) is 11.7. The number of hydrogen-bond donors (Lipinski definition) is 2. The number of piperidine rings is 1. The molecular formula is C10H18N2OS. The van der Waals surface area contributed by atoms with E-state index in [9.17, 15) is 4.79 Å². The van der Waals surface area contributed by atoms with Crippen LogP contribution in [-0.4, -0.2) is 37.0 Å². The molecule has 0 spiro atoms. The molecule has 0 aromatic carbocycles. The van der Waals surface area contributed by atoms with Crippen molar-refractivity contribution in [3.05, 3.63) is 0 Å². The van der Waals surface area contributed by atoms with Crippen LogP contribution in [0, 0.1) is 17.8 Å². The molecule has 4 heteroatoms. The van der Waals surface area contributed by atoms with Crippen molar-refractivity contribution >= 4 is 17.7 Å². The van der Waals surface area contributed by atoms with Gasteiger partial charge in [0.15, 0.2) is 0 Å². The summed E-state index contributed by atoms with van der Waals surface area (Å²) >= 11 is 1.73. The summed E-state index contributed by atoms with van der Waals surface area (Å²) in [6, 6.07) is 0.480. The lowest BCUT2D eigenvalue weighted by atomic mass is 10.2. The number of fused-ring (bicyclic) bond motifs is 1. The first-order valence-electron chi connectivity index (χ1n) is 5.24. The highest BCUT2D eigenvalue weighted by atomic mass is 32.2. The van der Waals surface area contributed by atoms with Gasteiger partial charge < -0.3 is 10.6 Å². The maximum absolute atomic E-state index is 11.7. The van der Waals surface area contributed by atoms with Gasteiger partial charge >= 0.3 is 0 Å². The summed E-state index contributed by atoms with van der Waals surface area (Å²) in [6.07, 6.45) is 2.04. The maximum atomic E-state index is 11.7. The minimum Gasteiger partial charge on any atom is -0.352 e. The molecule has 1 saturated carbocycles. The monoisotopic (exact) mass is 214 g/mol. The van der Waals surface area contributed by atoms with Crippen molar-refractivity contribution in [3.8, 4) is 0 Å². The SMILES string of the molecule is CSCC(C)C(=O)NC1C2CNCC21. The third-order valence-corrected chi connectivity index (χ3v) is 4.10. The first-order chi connectivity index (χ1) is 6.74. The molecule has 0 aromatic rings. The Morgan fingerprint density at radius 3 is 2.79 bits per heavy atom. The van der Waals surface area contributed by atoms with Gasteiger partial charge in [0, 0.05) is 30.8 Å². The molecule has 0 aromatic heterocycles. The fourth-order valence-electron chi connectivity index (χ4n) is 2.26. The Kier molecular flexibility index (Phi) is 3.02. The molecule has 1 heterocycles. The van der Waals surface area contributed by atoms with Crippen molar-refractivity contribution in [2.24, 2.45) is 17.8 Å². The number of rotatable bonds is 4. The molecular weight excluding hydrogens is 196 g/mol. The van der Waals surface area contributed by atoms with Crippen LogP contribution in [0.3, 0.4) is 0 Å². The molecule has 2 fully saturated rings. The molecule has 3 atom stereocenters. The quantitative estimate of drug-likeness (QED) is 0.708. The first kappa shape index (κ1) is 10.3. The zero-order valence-corrected chi connectivity index (χ0v) is 9.56. The Morgan fingerprint density at radius 2 is 2.21 bits per heavy atom. The number of hydrogen-bond acceptors (Lipinski definition) is 3. The summed E-state index contributed by atoms with van der Waals surface area (Å²) < 4.78 is 0. The fourth-order valence-corrected chi connectivity index (χ4v) is 2.92. The summed E-state index contributed by atoms with van der Waals surface area (Å²) in [6.45, 7) is 4.18. The van der Waals surface area contributed by atoms with Crippen LogP contribution in [0.5, 0.6) is 0 Å². The van der Waals surface area contributed by atoms with Crippen molar-refractivity contribution in [1.82, 2.24) is 10.6 Å². The molecule has 1 amide bonds. The Labute approximate surface area is 89.4 Å². The molecule has 2 N–H and O–H groups in total. The lowest BCUT2D eigenvalue weighted by Crippen LogP contribution is -2.36. The second kappa shape index (κ2) is 4.11. The molecule has 3 nitrogen and oxygen atoms in total. The van der Waals surface area contributed by atoms with Gasteiger partial charge in [-0.3, -0.25) is 4.79 Å². The Morgan fingerprint density at radius 1 is 1.57 bits per heavy atom. The second-order valence-corrected chi connectivity index (χ2v) is 5.29. The van der Waals surface area contributed by atoms with Crippen LogP contribution in [0.15, 0.2) is 0 Å². The van der Waals surface area contributed by atoms with Gasteiger partial charge in [0.25, 0.3) is 0 Å². The number of amides is 1. The number of carbonyl (C=O) groups excluding carboxylic acids is 1. The van der Waals surface area contributed by atoms with Crippen LogP contribution in [-0.2, 0) is 4.79 Å². The van der Waals surface area contributed by atoms with E-state index in [1.165, 1.54) is 0 Å². The molecule has 1 saturated heterocycles. The average molecular weight is 214 g/mol. The largest absolute Gasteiger partial charge is 0.352 e. The maximum Gasteiger partial charge on any atom is 0.223 e. The van der Waals surface area contributed by atoms with Gasteiger partial charge in [-0.1, -0.05) is 6.92 Å². The average Bonchev–Trinajstić information content (AvgIpc) is 2.64. The summed E-state index contributed by atoms with van der Waals surface area (Å²) in [7, 11) is 0. The normalized spacial score (nSPS) is 36.3. The zero-order chi connectivity index (χ0) is 10.1. The van der Waals surface area contributed by atoms with Crippen LogP contribution in [0.25, 0.3) is 0 Å². The highest BCUT2D eigenvalue weighted by Gasteiger charge is 2.53. The van der Waals surface area contributed by atoms with E-state index in [0.717, 1.165) is 30.7 Å². The van der Waals surface area contributed by atoms with Crippen LogP contribution in [0.4, 0.5) is 0 Å². The van der Waals surface area contributed by atoms with Crippen molar-refractivity contribution in [2.75, 3.05) is 25.1 Å². The van der Waals surface area contributed by atoms with Crippen molar-refractivity contribution in [2.45, 2.75) is 13.0 Å². The van der Waals surface area contributed by atoms with Crippen LogP contribution >= 0.6 is 11.8 Å². The van der Waals surface area contributed by atoms with Crippen LogP contribution in [0.1, 0.15) is 6.92 Å². The summed E-state index contributed by atoms with van der Waals surface area (Å²) in [5.74, 6) is 2.76. The Bertz CT molecular complexity index is 224. The predicted molar refractivity (Wildman–Crippen MR) is 59.3 cm³/mol. The van der Waals surface area contributed by atoms with E-state index in [1.54, 1.807) is 11.8 Å². The molecule has 80 valence electrons. The van der Waals surface area contributed by atoms with Crippen molar-refractivity contribution in [1.29, 1.82) is 0 Å². The standard InChI is InChI=1S/C10H18N2OS/c1-6(5-14-2)10(13)12-9-7-3-11-4-8(7)9/h6-9,11H,3-5H2,1-2H3,(H,12,13). The third-order valence-electron chi connectivity index (χ3n) is 3.26. The molecule has 2 rings (SSSR count). The highest BCUT2D eigenvalue weighted by molar-refractivity contribution is 7.98. The lowest BCUT2D eigenvalue weighted by Gasteiger charge is -2.12. The topological polar surface area (TPSA) is 41.1 Å². The van der Waals surface area contributed by atoms with Gasteiger partial charge in [-0.15, -0.1) is 0 Å². The van der Waals surface area contributed by atoms with Crippen LogP contribution in [0.2, 0.25) is 0 Å². The van der Waals surface area contributed by atoms with Gasteiger partial charge in [0.05, 0.1) is 0 Å². The zero-order valence-electron chi connectivity index (χ0n) is 8.75. The van der Waals surface area contributed by atoms with E-state index in [4.69, 9.17) is 0 Å². The van der Waals surface area contributed by atoms with E-state index in [-0.39, 0.29) is 11.8 Å². The van der Waals surface area contributed by atoms with E-state index >= 15 is 0 Å². The van der Waals surface area contributed by atoms with Gasteiger partial charge in [-0.2, -0.15) is 11.8 Å². The first-order valence-corrected chi connectivity index (χ1v) is 6.63. The van der Waals surface area contributed by atoms with E-state index in [0.29, 0.717) is 6.04 Å². The Balaban J connectivity index is 1.73. The van der Waals surface area contributed by atoms with Gasteiger partial charge in [-0.25, -0.2) is 0 Å². The van der Waals surface area contributed by atoms with Gasteiger partial charge in [0.1, 0.15) is 0 Å². The Hall–Kier alpha value is -0.220. The third kappa shape index (κ3) is 1.91. The van der Waals surface area contributed by atoms with Crippen LogP contribution < -0.4 is 10.6 Å². The molecule has 14 heavy (non-hydrogen) atoms. The summed E-state index contributed by atoms with van der Waals surface area (Å²) in [5.41, 5.74) is 0. The summed E-state index contributed by atoms with van der Waals surface area (Å²) in [5, 5.41) is 6.47. The molecule has 0 radical (unpaired) electrons. The molecule has 3 unspecified atom stereocenters. The fraction of sp³-hybridized carbons (Fsp3) is 0.900. The number of thioether (sulfide) groups is 1. The molecule has 0 bridgehead atoms. The predicted octanol–water partition coefficient (Wildman–Crippen LogP) is 0.319. The number of carbonyl (C=O) groups is 1. The highest BCUT2D eigenvalue weighted by Crippen LogP contribution is 2.41. The molecule has 2 aliphatic rings.